The van der Waals surface area contributed by atoms with Gasteiger partial charge in [0.1, 0.15) is 6.54 Å². The summed E-state index contributed by atoms with van der Waals surface area (Å²) in [4.78, 5) is 12.9. The Labute approximate surface area is 153 Å². The molecule has 1 aliphatic carbocycles. The second kappa shape index (κ2) is 8.28. The summed E-state index contributed by atoms with van der Waals surface area (Å²) in [5, 5.41) is 15.3. The molecule has 27 heavy (non-hydrogen) atoms. The summed E-state index contributed by atoms with van der Waals surface area (Å²) in [6.07, 6.45) is 3.03. The van der Waals surface area contributed by atoms with Gasteiger partial charge in [0.05, 0.1) is 5.56 Å². The van der Waals surface area contributed by atoms with E-state index in [1.165, 1.54) is 31.4 Å². The molecule has 0 atom stereocenters. The van der Waals surface area contributed by atoms with Crippen molar-refractivity contribution >= 4 is 12.1 Å². The van der Waals surface area contributed by atoms with Crippen molar-refractivity contribution in [2.24, 2.45) is 11.0 Å². The van der Waals surface area contributed by atoms with E-state index >= 15 is 0 Å². The summed E-state index contributed by atoms with van der Waals surface area (Å²) in [6.45, 7) is -0.228. The molecular weight excluding hydrogens is 361 g/mol. The third-order valence-corrected chi connectivity index (χ3v) is 4.31. The molecule has 2 aromatic rings. The van der Waals surface area contributed by atoms with E-state index in [1.807, 2.05) is 0 Å². The number of halogens is 3. The lowest BCUT2D eigenvalue weighted by Crippen LogP contribution is -2.25. The number of hydrogen-bond donors (Lipinski definition) is 1. The average molecular weight is 380 g/mol. The van der Waals surface area contributed by atoms with Crippen LogP contribution < -0.4 is 5.43 Å². The standard InChI is InChI=1S/C17H19F3N6O/c18-17(19,20)14-8-4-7-13(9-14)16-23-25-26(24-16)11-15(27)22-21-10-12-5-2-1-3-6-12/h4,7-10,12H,1-3,5-6,11H2,(H,22,27)/b21-10-. The fourth-order valence-corrected chi connectivity index (χ4v) is 2.92. The largest absolute Gasteiger partial charge is 0.416 e. The fraction of sp³-hybridized carbons (Fsp3) is 0.471. The molecule has 7 nitrogen and oxygen atoms in total. The quantitative estimate of drug-likeness (QED) is 0.638. The van der Waals surface area contributed by atoms with E-state index in [1.54, 1.807) is 6.21 Å². The van der Waals surface area contributed by atoms with Gasteiger partial charge in [0.25, 0.3) is 5.91 Å². The van der Waals surface area contributed by atoms with Crippen molar-refractivity contribution < 1.29 is 18.0 Å². The first-order chi connectivity index (χ1) is 12.9. The highest BCUT2D eigenvalue weighted by molar-refractivity contribution is 5.76. The Morgan fingerprint density at radius 3 is 2.81 bits per heavy atom. The maximum absolute atomic E-state index is 12.8. The van der Waals surface area contributed by atoms with Crippen LogP contribution in [-0.2, 0) is 17.5 Å². The van der Waals surface area contributed by atoms with Gasteiger partial charge in [-0.1, -0.05) is 31.4 Å². The lowest BCUT2D eigenvalue weighted by molar-refractivity contribution is -0.137. The van der Waals surface area contributed by atoms with Gasteiger partial charge in [0.2, 0.25) is 5.82 Å². The second-order valence-corrected chi connectivity index (χ2v) is 6.43. The number of aromatic nitrogens is 4. The molecule has 0 saturated heterocycles. The van der Waals surface area contributed by atoms with E-state index in [4.69, 9.17) is 0 Å². The van der Waals surface area contributed by atoms with Crippen molar-refractivity contribution in [2.75, 3.05) is 0 Å². The van der Waals surface area contributed by atoms with E-state index in [0.717, 1.165) is 29.8 Å². The van der Waals surface area contributed by atoms with E-state index in [0.29, 0.717) is 5.92 Å². The number of rotatable bonds is 5. The van der Waals surface area contributed by atoms with Crippen molar-refractivity contribution in [3.63, 3.8) is 0 Å². The number of carbonyl (C=O) groups excluding carboxylic acids is 1. The molecule has 0 aliphatic heterocycles. The Balaban J connectivity index is 1.57. The zero-order chi connectivity index (χ0) is 19.3. The minimum absolute atomic E-state index is 0.0135. The van der Waals surface area contributed by atoms with Gasteiger partial charge in [0.15, 0.2) is 0 Å². The van der Waals surface area contributed by atoms with Crippen molar-refractivity contribution in [2.45, 2.75) is 44.8 Å². The van der Waals surface area contributed by atoms with Crippen LogP contribution in [0.4, 0.5) is 13.2 Å². The van der Waals surface area contributed by atoms with Gasteiger partial charge < -0.3 is 0 Å². The number of hydrogen-bond acceptors (Lipinski definition) is 5. The van der Waals surface area contributed by atoms with Crippen LogP contribution in [0.2, 0.25) is 0 Å². The Morgan fingerprint density at radius 2 is 2.07 bits per heavy atom. The third kappa shape index (κ3) is 5.35. The topological polar surface area (TPSA) is 85.1 Å². The summed E-state index contributed by atoms with van der Waals surface area (Å²) in [6, 6.07) is 4.62. The Morgan fingerprint density at radius 1 is 1.30 bits per heavy atom. The van der Waals surface area contributed by atoms with Crippen LogP contribution >= 0.6 is 0 Å². The number of hydrazone groups is 1. The fourth-order valence-electron chi connectivity index (χ4n) is 2.92. The van der Waals surface area contributed by atoms with Gasteiger partial charge in [0, 0.05) is 11.8 Å². The van der Waals surface area contributed by atoms with E-state index in [2.05, 4.69) is 25.9 Å². The van der Waals surface area contributed by atoms with Gasteiger partial charge in [-0.2, -0.15) is 23.1 Å². The summed E-state index contributed by atoms with van der Waals surface area (Å²) >= 11 is 0. The number of alkyl halides is 3. The third-order valence-electron chi connectivity index (χ3n) is 4.31. The van der Waals surface area contributed by atoms with Crippen molar-refractivity contribution in [3.8, 4) is 11.4 Å². The molecule has 0 radical (unpaired) electrons. The summed E-state index contributed by atoms with van der Waals surface area (Å²) in [5.74, 6) is -0.0364. The van der Waals surface area contributed by atoms with Gasteiger partial charge >= 0.3 is 6.18 Å². The van der Waals surface area contributed by atoms with Crippen molar-refractivity contribution in [1.29, 1.82) is 0 Å². The van der Waals surface area contributed by atoms with Crippen LogP contribution in [0.1, 0.15) is 37.7 Å². The molecular formula is C17H19F3N6O. The molecule has 0 bridgehead atoms. The smallest absolute Gasteiger partial charge is 0.271 e. The SMILES string of the molecule is O=C(Cn1nnc(-c2cccc(C(F)(F)F)c2)n1)N/N=C\C1CCCCC1. The molecule has 10 heteroatoms. The molecule has 1 aromatic heterocycles. The van der Waals surface area contributed by atoms with Gasteiger partial charge in [-0.15, -0.1) is 10.2 Å². The molecule has 1 fully saturated rings. The molecule has 0 unspecified atom stereocenters. The molecule has 1 aromatic carbocycles. The molecule has 1 heterocycles. The first-order valence-electron chi connectivity index (χ1n) is 8.69. The highest BCUT2D eigenvalue weighted by Crippen LogP contribution is 2.31. The summed E-state index contributed by atoms with van der Waals surface area (Å²) in [7, 11) is 0. The number of benzene rings is 1. The first kappa shape index (κ1) is 19.0. The van der Waals surface area contributed by atoms with Crippen LogP contribution in [0.5, 0.6) is 0 Å². The molecule has 3 rings (SSSR count). The normalized spacial score (nSPS) is 16.0. The van der Waals surface area contributed by atoms with E-state index in [9.17, 15) is 18.0 Å². The Kier molecular flexibility index (Phi) is 5.82. The number of nitrogens with zero attached hydrogens (tertiary/aromatic N) is 5. The maximum Gasteiger partial charge on any atom is 0.416 e. The lowest BCUT2D eigenvalue weighted by Gasteiger charge is -2.16. The maximum atomic E-state index is 12.8. The van der Waals surface area contributed by atoms with Crippen LogP contribution in [-0.4, -0.2) is 32.3 Å². The molecule has 1 N–H and O–H groups in total. The zero-order valence-corrected chi connectivity index (χ0v) is 14.5. The number of tetrazole rings is 1. The highest BCUT2D eigenvalue weighted by atomic mass is 19.4. The predicted molar refractivity (Wildman–Crippen MR) is 91.5 cm³/mol. The Bertz CT molecular complexity index is 811. The minimum atomic E-state index is -4.46. The predicted octanol–water partition coefficient (Wildman–Crippen LogP) is 3.04. The zero-order valence-electron chi connectivity index (χ0n) is 14.5. The lowest BCUT2D eigenvalue weighted by atomic mass is 9.90. The van der Waals surface area contributed by atoms with Gasteiger partial charge in [-0.25, -0.2) is 5.43 Å². The average Bonchev–Trinajstić information content (AvgIpc) is 3.10. The molecule has 1 amide bonds. The minimum Gasteiger partial charge on any atom is -0.271 e. The van der Waals surface area contributed by atoms with Crippen LogP contribution in [0.15, 0.2) is 29.4 Å². The van der Waals surface area contributed by atoms with Crippen LogP contribution in [0.25, 0.3) is 11.4 Å². The summed E-state index contributed by atoms with van der Waals surface area (Å²) in [5.41, 5.74) is 1.78. The molecule has 144 valence electrons. The van der Waals surface area contributed by atoms with E-state index < -0.39 is 17.6 Å². The molecule has 0 spiro atoms. The van der Waals surface area contributed by atoms with Crippen molar-refractivity contribution in [1.82, 2.24) is 25.6 Å². The molecule has 1 saturated carbocycles. The summed E-state index contributed by atoms with van der Waals surface area (Å²) < 4.78 is 38.4. The van der Waals surface area contributed by atoms with E-state index in [-0.39, 0.29) is 17.9 Å². The number of amides is 1. The van der Waals surface area contributed by atoms with Crippen molar-refractivity contribution in [3.05, 3.63) is 29.8 Å². The highest BCUT2D eigenvalue weighted by Gasteiger charge is 2.30. The monoisotopic (exact) mass is 380 g/mol. The Hall–Kier alpha value is -2.78. The molecule has 1 aliphatic rings. The van der Waals surface area contributed by atoms with Crippen LogP contribution in [0, 0.1) is 5.92 Å². The number of nitrogens with one attached hydrogen (secondary N) is 1. The second-order valence-electron chi connectivity index (χ2n) is 6.43. The van der Waals surface area contributed by atoms with Gasteiger partial charge in [-0.3, -0.25) is 4.79 Å². The first-order valence-corrected chi connectivity index (χ1v) is 8.69. The number of carbonyl (C=O) groups is 1. The van der Waals surface area contributed by atoms with Crippen LogP contribution in [0.3, 0.4) is 0 Å². The van der Waals surface area contributed by atoms with Gasteiger partial charge in [-0.05, 0) is 36.1 Å².